The zero-order chi connectivity index (χ0) is 25.5. The summed E-state index contributed by atoms with van der Waals surface area (Å²) in [6.45, 7) is 11.1. The summed E-state index contributed by atoms with van der Waals surface area (Å²) < 4.78 is 11.8. The number of carbonyl (C=O) groups excluding carboxylic acids is 1. The van der Waals surface area contributed by atoms with Crippen LogP contribution in [0.4, 0.5) is 0 Å². The Labute approximate surface area is 225 Å². The fourth-order valence-corrected chi connectivity index (χ4v) is 5.26. The second kappa shape index (κ2) is 13.9. The molecular formula is C26H38ClN5O3S. The predicted octanol–water partition coefficient (Wildman–Crippen LogP) is 4.52. The first kappa shape index (κ1) is 30.0. The van der Waals surface area contributed by atoms with Crippen molar-refractivity contribution in [2.45, 2.75) is 53.0 Å². The van der Waals surface area contributed by atoms with Crippen molar-refractivity contribution in [3.63, 3.8) is 0 Å². The van der Waals surface area contributed by atoms with E-state index < -0.39 is 0 Å². The number of benzene rings is 1. The van der Waals surface area contributed by atoms with Crippen LogP contribution in [-0.4, -0.2) is 73.5 Å². The van der Waals surface area contributed by atoms with Crippen LogP contribution in [0.5, 0.6) is 5.75 Å². The van der Waals surface area contributed by atoms with Crippen LogP contribution in [0, 0.1) is 24.2 Å². The zero-order valence-corrected chi connectivity index (χ0v) is 23.7. The molecule has 1 N–H and O–H groups in total. The number of nitrogens with zero attached hydrogens (tertiary/aromatic N) is 4. The van der Waals surface area contributed by atoms with E-state index >= 15 is 0 Å². The monoisotopic (exact) mass is 535 g/mol. The number of ether oxygens (including phenoxy) is 2. The van der Waals surface area contributed by atoms with Gasteiger partial charge in [-0.3, -0.25) is 14.6 Å². The Bertz CT molecular complexity index is 1050. The maximum Gasteiger partial charge on any atom is 0.263 e. The lowest BCUT2D eigenvalue weighted by Gasteiger charge is -2.33. The highest BCUT2D eigenvalue weighted by Gasteiger charge is 2.25. The maximum atomic E-state index is 12.9. The standard InChI is InChI=1S/C26H37N5O3S.ClH/c1-7-31(8-2)18(4)34-22-10-9-20(14-21(22)15-27)26-29-17(3)24(35-26)25(32)28-16-19-11-12-33-23(13-19)30(5)6;/h9-10,14,18-19,23H,7-8,11-13,16H2,1-6H3,(H,28,32);1H. The highest BCUT2D eigenvalue weighted by Crippen LogP contribution is 2.32. The van der Waals surface area contributed by atoms with Crippen LogP contribution in [0.25, 0.3) is 10.6 Å². The molecule has 1 aliphatic heterocycles. The smallest absolute Gasteiger partial charge is 0.263 e. The molecule has 2 aromatic rings. The molecule has 0 bridgehead atoms. The quantitative estimate of drug-likeness (QED) is 0.447. The molecule has 36 heavy (non-hydrogen) atoms. The summed E-state index contributed by atoms with van der Waals surface area (Å²) in [5.74, 6) is 0.833. The molecule has 3 atom stereocenters. The van der Waals surface area contributed by atoms with Crippen molar-refractivity contribution in [3.8, 4) is 22.4 Å². The number of amides is 1. The lowest BCUT2D eigenvalue weighted by molar-refractivity contribution is -0.0821. The Morgan fingerprint density at radius 3 is 2.72 bits per heavy atom. The molecule has 1 aliphatic rings. The summed E-state index contributed by atoms with van der Waals surface area (Å²) >= 11 is 1.35. The van der Waals surface area contributed by atoms with E-state index in [1.165, 1.54) is 11.3 Å². The topological polar surface area (TPSA) is 90.7 Å². The average Bonchev–Trinajstić information content (AvgIpc) is 3.25. The van der Waals surface area contributed by atoms with Gasteiger partial charge in [0, 0.05) is 18.7 Å². The molecule has 3 unspecified atom stereocenters. The van der Waals surface area contributed by atoms with Crippen molar-refractivity contribution in [1.82, 2.24) is 20.1 Å². The molecule has 0 radical (unpaired) electrons. The summed E-state index contributed by atoms with van der Waals surface area (Å²) in [7, 11) is 4.02. The molecule has 10 heteroatoms. The molecule has 0 aliphatic carbocycles. The number of nitriles is 1. The number of nitrogens with one attached hydrogen (secondary N) is 1. The Morgan fingerprint density at radius 2 is 2.08 bits per heavy atom. The first-order valence-corrected chi connectivity index (χ1v) is 13.1. The van der Waals surface area contributed by atoms with Gasteiger partial charge in [0.15, 0.2) is 0 Å². The van der Waals surface area contributed by atoms with E-state index in [2.05, 4.69) is 40.0 Å². The first-order chi connectivity index (χ1) is 16.8. The summed E-state index contributed by atoms with van der Waals surface area (Å²) in [5, 5.41) is 13.5. The number of aryl methyl sites for hydroxylation is 1. The van der Waals surface area contributed by atoms with Gasteiger partial charge in [-0.05, 0) is 78.0 Å². The number of halogens is 1. The van der Waals surface area contributed by atoms with E-state index in [4.69, 9.17) is 9.47 Å². The fourth-order valence-electron chi connectivity index (χ4n) is 4.28. The number of carbonyl (C=O) groups is 1. The minimum Gasteiger partial charge on any atom is -0.474 e. The Hall–Kier alpha value is -2.22. The van der Waals surface area contributed by atoms with E-state index in [1.807, 2.05) is 40.1 Å². The highest BCUT2D eigenvalue weighted by atomic mass is 35.5. The van der Waals surface area contributed by atoms with Gasteiger partial charge in [0.2, 0.25) is 0 Å². The van der Waals surface area contributed by atoms with E-state index in [9.17, 15) is 10.1 Å². The molecule has 2 heterocycles. The van der Waals surface area contributed by atoms with Crippen LogP contribution in [0.3, 0.4) is 0 Å². The van der Waals surface area contributed by atoms with Crippen molar-refractivity contribution in [2.75, 3.05) is 40.3 Å². The molecule has 8 nitrogen and oxygen atoms in total. The number of aromatic nitrogens is 1. The Balaban J connectivity index is 0.00000456. The van der Waals surface area contributed by atoms with Crippen molar-refractivity contribution < 1.29 is 14.3 Å². The predicted molar refractivity (Wildman–Crippen MR) is 146 cm³/mol. The van der Waals surface area contributed by atoms with Crippen LogP contribution >= 0.6 is 23.7 Å². The summed E-state index contributed by atoms with van der Waals surface area (Å²) in [4.78, 5) is 22.4. The van der Waals surface area contributed by atoms with Gasteiger partial charge in [-0.15, -0.1) is 23.7 Å². The van der Waals surface area contributed by atoms with Gasteiger partial charge in [-0.1, -0.05) is 13.8 Å². The van der Waals surface area contributed by atoms with Crippen LogP contribution in [0.15, 0.2) is 18.2 Å². The normalized spacial score (nSPS) is 18.4. The van der Waals surface area contributed by atoms with Gasteiger partial charge in [-0.25, -0.2) is 4.98 Å². The second-order valence-corrected chi connectivity index (χ2v) is 10.1. The molecule has 198 valence electrons. The minimum atomic E-state index is -0.135. The minimum absolute atomic E-state index is 0. The second-order valence-electron chi connectivity index (χ2n) is 9.08. The molecule has 1 aromatic heterocycles. The van der Waals surface area contributed by atoms with E-state index in [1.54, 1.807) is 6.07 Å². The SMILES string of the molecule is CCN(CC)C(C)Oc1ccc(-c2nc(C)c(C(=O)NCC3CCOC(N(C)C)C3)s2)cc1C#N.Cl. The third-order valence-corrected chi connectivity index (χ3v) is 7.68. The van der Waals surface area contributed by atoms with Gasteiger partial charge < -0.3 is 14.8 Å². The Morgan fingerprint density at radius 1 is 1.36 bits per heavy atom. The lowest BCUT2D eigenvalue weighted by Crippen LogP contribution is -2.40. The van der Waals surface area contributed by atoms with Gasteiger partial charge in [0.05, 0.1) is 11.3 Å². The molecule has 1 fully saturated rings. The molecule has 3 rings (SSSR count). The molecule has 0 spiro atoms. The van der Waals surface area contributed by atoms with Crippen LogP contribution in [0.1, 0.15) is 54.5 Å². The van der Waals surface area contributed by atoms with Gasteiger partial charge >= 0.3 is 0 Å². The summed E-state index contributed by atoms with van der Waals surface area (Å²) in [6.07, 6.45) is 1.80. The zero-order valence-electron chi connectivity index (χ0n) is 22.0. The molecule has 1 saturated heterocycles. The van der Waals surface area contributed by atoms with Crippen LogP contribution in [-0.2, 0) is 4.74 Å². The van der Waals surface area contributed by atoms with E-state index in [0.717, 1.165) is 31.5 Å². The van der Waals surface area contributed by atoms with Crippen molar-refractivity contribution in [3.05, 3.63) is 34.3 Å². The van der Waals surface area contributed by atoms with Gasteiger partial charge in [-0.2, -0.15) is 5.26 Å². The first-order valence-electron chi connectivity index (χ1n) is 12.3. The third kappa shape index (κ3) is 7.40. The van der Waals surface area contributed by atoms with E-state index in [-0.39, 0.29) is 30.8 Å². The van der Waals surface area contributed by atoms with Gasteiger partial charge in [0.1, 0.15) is 34.2 Å². The maximum absolute atomic E-state index is 12.9. The molecule has 1 aromatic carbocycles. The van der Waals surface area contributed by atoms with Crippen LogP contribution in [0.2, 0.25) is 0 Å². The highest BCUT2D eigenvalue weighted by molar-refractivity contribution is 7.17. The molecule has 1 amide bonds. The van der Waals surface area contributed by atoms with Crippen molar-refractivity contribution >= 4 is 29.7 Å². The third-order valence-electron chi connectivity index (χ3n) is 6.47. The largest absolute Gasteiger partial charge is 0.474 e. The van der Waals surface area contributed by atoms with Crippen molar-refractivity contribution in [2.24, 2.45) is 5.92 Å². The fraction of sp³-hybridized carbons (Fsp3) is 0.577. The average molecular weight is 536 g/mol. The molecular weight excluding hydrogens is 498 g/mol. The lowest BCUT2D eigenvalue weighted by atomic mass is 9.98. The number of hydrogen-bond acceptors (Lipinski definition) is 8. The summed E-state index contributed by atoms with van der Waals surface area (Å²) in [5.41, 5.74) is 1.94. The Kier molecular flexibility index (Phi) is 11.6. The van der Waals surface area contributed by atoms with Crippen molar-refractivity contribution in [1.29, 1.82) is 5.26 Å². The number of rotatable bonds is 10. The summed E-state index contributed by atoms with van der Waals surface area (Å²) in [6, 6.07) is 7.74. The van der Waals surface area contributed by atoms with E-state index in [0.29, 0.717) is 46.0 Å². The van der Waals surface area contributed by atoms with Gasteiger partial charge in [0.25, 0.3) is 5.91 Å². The van der Waals surface area contributed by atoms with Crippen LogP contribution < -0.4 is 10.1 Å². The number of thiazole rings is 1. The number of hydrogen-bond donors (Lipinski definition) is 1. The molecule has 0 saturated carbocycles.